The molecule has 4 rings (SSSR count). The summed E-state index contributed by atoms with van der Waals surface area (Å²) in [7, 11) is 0. The van der Waals surface area contributed by atoms with Crippen molar-refractivity contribution in [2.45, 2.75) is 58.0 Å². The van der Waals surface area contributed by atoms with Crippen molar-refractivity contribution in [1.29, 1.82) is 0 Å². The van der Waals surface area contributed by atoms with E-state index in [1.807, 2.05) is 10.9 Å². The lowest BCUT2D eigenvalue weighted by Crippen LogP contribution is -2.35. The molecule has 32 heavy (non-hydrogen) atoms. The Labute approximate surface area is 188 Å². The quantitative estimate of drug-likeness (QED) is 0.413. The maximum absolute atomic E-state index is 13.5. The van der Waals surface area contributed by atoms with Crippen LogP contribution in [0.4, 0.5) is 10.3 Å². The molecule has 8 heteroatoms. The molecular formula is C24H33FN6O. The van der Waals surface area contributed by atoms with Gasteiger partial charge in [-0.15, -0.1) is 0 Å². The summed E-state index contributed by atoms with van der Waals surface area (Å²) in [5.74, 6) is 0.884. The van der Waals surface area contributed by atoms with Crippen molar-refractivity contribution in [1.82, 2.24) is 25.1 Å². The number of benzene rings is 1. The van der Waals surface area contributed by atoms with Gasteiger partial charge in [0, 0.05) is 37.4 Å². The van der Waals surface area contributed by atoms with E-state index in [2.05, 4.69) is 22.5 Å². The van der Waals surface area contributed by atoms with Gasteiger partial charge in [0.1, 0.15) is 11.5 Å². The number of unbranched alkanes of at least 4 members (excludes halogenated alkanes) is 1. The van der Waals surface area contributed by atoms with Gasteiger partial charge in [0.2, 0.25) is 5.95 Å². The van der Waals surface area contributed by atoms with Gasteiger partial charge >= 0.3 is 0 Å². The number of nitrogens with zero attached hydrogens (tertiary/aromatic N) is 4. The molecular weight excluding hydrogens is 407 g/mol. The van der Waals surface area contributed by atoms with Crippen LogP contribution in [0, 0.1) is 11.7 Å². The monoisotopic (exact) mass is 440 g/mol. The summed E-state index contributed by atoms with van der Waals surface area (Å²) in [6.45, 7) is 4.63. The van der Waals surface area contributed by atoms with Crippen LogP contribution in [0.25, 0.3) is 22.3 Å². The molecule has 1 aliphatic rings. The fourth-order valence-corrected chi connectivity index (χ4v) is 4.43. The van der Waals surface area contributed by atoms with E-state index >= 15 is 0 Å². The first-order valence-corrected chi connectivity index (χ1v) is 11.8. The van der Waals surface area contributed by atoms with Gasteiger partial charge in [0.15, 0.2) is 5.65 Å². The molecule has 1 saturated carbocycles. The first-order chi connectivity index (χ1) is 15.7. The highest BCUT2D eigenvalue weighted by molar-refractivity contribution is 5.91. The molecule has 2 heterocycles. The van der Waals surface area contributed by atoms with Crippen molar-refractivity contribution >= 4 is 17.0 Å². The van der Waals surface area contributed by atoms with Gasteiger partial charge in [-0.05, 0) is 62.3 Å². The van der Waals surface area contributed by atoms with E-state index in [0.717, 1.165) is 73.9 Å². The van der Waals surface area contributed by atoms with Crippen LogP contribution in [0.1, 0.15) is 45.4 Å². The molecule has 0 bridgehead atoms. The van der Waals surface area contributed by atoms with Gasteiger partial charge in [-0.25, -0.2) is 14.1 Å². The molecule has 0 aliphatic heterocycles. The molecule has 0 radical (unpaired) electrons. The van der Waals surface area contributed by atoms with E-state index in [9.17, 15) is 4.39 Å². The third-order valence-electron chi connectivity index (χ3n) is 6.24. The molecule has 7 nitrogen and oxygen atoms in total. The summed E-state index contributed by atoms with van der Waals surface area (Å²) in [6.07, 6.45) is 8.44. The second-order valence-corrected chi connectivity index (χ2v) is 8.64. The highest BCUT2D eigenvalue weighted by atomic mass is 19.1. The van der Waals surface area contributed by atoms with Crippen LogP contribution >= 0.6 is 0 Å². The summed E-state index contributed by atoms with van der Waals surface area (Å²) in [5, 5.41) is 21.5. The van der Waals surface area contributed by atoms with Gasteiger partial charge in [-0.1, -0.05) is 13.3 Å². The maximum atomic E-state index is 13.5. The number of hydrogen-bond donors (Lipinski definition) is 3. The molecule has 0 atom stereocenters. The zero-order valence-electron chi connectivity index (χ0n) is 18.7. The lowest BCUT2D eigenvalue weighted by Gasteiger charge is -2.29. The Morgan fingerprint density at radius 2 is 1.91 bits per heavy atom. The average Bonchev–Trinajstić information content (AvgIpc) is 3.17. The Morgan fingerprint density at radius 1 is 1.12 bits per heavy atom. The minimum absolute atomic E-state index is 0.180. The third-order valence-corrected chi connectivity index (χ3v) is 6.24. The fraction of sp³-hybridized carbons (Fsp3) is 0.542. The number of fused-ring (bicyclic) bond motifs is 1. The summed E-state index contributed by atoms with van der Waals surface area (Å²) in [6, 6.07) is 6.92. The van der Waals surface area contributed by atoms with Crippen molar-refractivity contribution in [3.63, 3.8) is 0 Å². The minimum Gasteiger partial charge on any atom is -0.395 e. The first-order valence-electron chi connectivity index (χ1n) is 11.8. The summed E-state index contributed by atoms with van der Waals surface area (Å²) >= 11 is 0. The number of halogens is 1. The van der Waals surface area contributed by atoms with E-state index in [1.165, 1.54) is 12.1 Å². The molecule has 0 amide bonds. The Balaban J connectivity index is 1.58. The van der Waals surface area contributed by atoms with Crippen molar-refractivity contribution in [2.24, 2.45) is 5.92 Å². The fourth-order valence-electron chi connectivity index (χ4n) is 4.43. The molecule has 1 aromatic carbocycles. The van der Waals surface area contributed by atoms with Crippen LogP contribution < -0.4 is 10.6 Å². The Kier molecular flexibility index (Phi) is 7.65. The van der Waals surface area contributed by atoms with Crippen LogP contribution in [-0.4, -0.2) is 50.6 Å². The van der Waals surface area contributed by atoms with Crippen LogP contribution in [0.5, 0.6) is 0 Å². The van der Waals surface area contributed by atoms with E-state index in [0.29, 0.717) is 24.5 Å². The largest absolute Gasteiger partial charge is 0.395 e. The van der Waals surface area contributed by atoms with E-state index in [-0.39, 0.29) is 12.4 Å². The highest BCUT2D eigenvalue weighted by Crippen LogP contribution is 2.31. The summed E-state index contributed by atoms with van der Waals surface area (Å²) < 4.78 is 15.5. The van der Waals surface area contributed by atoms with Crippen molar-refractivity contribution in [2.75, 3.05) is 25.0 Å². The van der Waals surface area contributed by atoms with Crippen LogP contribution in [0.15, 0.2) is 30.5 Å². The zero-order chi connectivity index (χ0) is 22.3. The maximum Gasteiger partial charge on any atom is 0.224 e. The molecule has 0 saturated heterocycles. The van der Waals surface area contributed by atoms with Gasteiger partial charge in [0.25, 0.3) is 0 Å². The molecule has 1 fully saturated rings. The normalized spacial score (nSPS) is 18.8. The first kappa shape index (κ1) is 22.6. The minimum atomic E-state index is -0.261. The Morgan fingerprint density at radius 3 is 2.62 bits per heavy atom. The smallest absolute Gasteiger partial charge is 0.224 e. The van der Waals surface area contributed by atoms with Crippen molar-refractivity contribution in [3.05, 3.63) is 36.3 Å². The Bertz CT molecular complexity index is 998. The van der Waals surface area contributed by atoms with Crippen LogP contribution in [-0.2, 0) is 6.54 Å². The lowest BCUT2D eigenvalue weighted by molar-refractivity contribution is 0.240. The number of nitrogens with one attached hydrogen (secondary N) is 2. The summed E-state index contributed by atoms with van der Waals surface area (Å²) in [4.78, 5) is 9.30. The van der Waals surface area contributed by atoms with Crippen LogP contribution in [0.2, 0.25) is 0 Å². The van der Waals surface area contributed by atoms with Crippen LogP contribution in [0.3, 0.4) is 0 Å². The molecule has 2 aromatic heterocycles. The highest BCUT2D eigenvalue weighted by Gasteiger charge is 2.23. The Hall–Kier alpha value is -2.58. The molecule has 0 unspecified atom stereocenters. The summed E-state index contributed by atoms with van der Waals surface area (Å²) in [5.41, 5.74) is 2.47. The number of aromatic nitrogens is 4. The van der Waals surface area contributed by atoms with Gasteiger partial charge in [-0.3, -0.25) is 0 Å². The van der Waals surface area contributed by atoms with Gasteiger partial charge in [0.05, 0.1) is 12.0 Å². The second kappa shape index (κ2) is 10.8. The standard InChI is InChI=1S/C24H33FN6O/c1-2-3-12-27-24-28-15-21-22(18-6-8-19(25)9-7-18)30-31(23(21)29-24)16-17-4-10-20(11-5-17)26-13-14-32/h6-9,15,17,20,26,32H,2-5,10-14,16H2,1H3,(H,27,28,29). The zero-order valence-corrected chi connectivity index (χ0v) is 18.7. The number of rotatable bonds is 10. The third kappa shape index (κ3) is 5.42. The second-order valence-electron chi connectivity index (χ2n) is 8.64. The molecule has 3 N–H and O–H groups in total. The molecule has 3 aromatic rings. The SMILES string of the molecule is CCCCNc1ncc2c(-c3ccc(F)cc3)nn(CC3CCC(NCCO)CC3)c2n1. The number of aliphatic hydroxyl groups is 1. The topological polar surface area (TPSA) is 87.9 Å². The lowest BCUT2D eigenvalue weighted by atomic mass is 9.86. The number of hydrogen-bond acceptors (Lipinski definition) is 6. The average molecular weight is 441 g/mol. The predicted molar refractivity (Wildman–Crippen MR) is 125 cm³/mol. The van der Waals surface area contributed by atoms with Crippen molar-refractivity contribution < 1.29 is 9.50 Å². The van der Waals surface area contributed by atoms with E-state index in [4.69, 9.17) is 15.2 Å². The number of anilines is 1. The predicted octanol–water partition coefficient (Wildman–Crippen LogP) is 3.99. The number of aliphatic hydroxyl groups excluding tert-OH is 1. The van der Waals surface area contributed by atoms with Gasteiger partial charge in [-0.2, -0.15) is 10.1 Å². The van der Waals surface area contributed by atoms with E-state index < -0.39 is 0 Å². The molecule has 172 valence electrons. The molecule has 0 spiro atoms. The molecule has 1 aliphatic carbocycles. The van der Waals surface area contributed by atoms with Crippen molar-refractivity contribution in [3.8, 4) is 11.3 Å². The van der Waals surface area contributed by atoms with E-state index in [1.54, 1.807) is 12.1 Å². The van der Waals surface area contributed by atoms with Gasteiger partial charge < -0.3 is 15.7 Å².